The van der Waals surface area contributed by atoms with Crippen LogP contribution in [0, 0.1) is 45.3 Å². The molecule has 0 spiro atoms. The molecule has 0 aromatic rings. The number of aliphatic hydroxyl groups is 1. The van der Waals surface area contributed by atoms with Crippen LogP contribution in [0.15, 0.2) is 12.2 Å². The Morgan fingerprint density at radius 2 is 1.29 bits per heavy atom. The van der Waals surface area contributed by atoms with Crippen LogP contribution in [0.1, 0.15) is 216 Å². The minimum Gasteiger partial charge on any atom is -0.462 e. The maximum atomic E-state index is 13.1. The quantitative estimate of drug-likeness (QED) is 0.0790. The van der Waals surface area contributed by atoms with Gasteiger partial charge in [-0.2, -0.15) is 0 Å². The molecule has 1 N–H and O–H groups in total. The van der Waals surface area contributed by atoms with Crippen molar-refractivity contribution in [3.05, 3.63) is 12.2 Å². The van der Waals surface area contributed by atoms with Crippen molar-refractivity contribution >= 4 is 5.97 Å². The molecule has 3 heteroatoms. The minimum absolute atomic E-state index is 0.0104. The van der Waals surface area contributed by atoms with E-state index in [9.17, 15) is 9.90 Å². The third-order valence-corrected chi connectivity index (χ3v) is 16.2. The normalized spacial score (nSPS) is 36.3. The van der Waals surface area contributed by atoms with Crippen LogP contribution in [0.3, 0.4) is 0 Å². The molecule has 0 bridgehead atoms. The fourth-order valence-corrected chi connectivity index (χ4v) is 13.1. The second-order valence-electron chi connectivity index (χ2n) is 19.8. The standard InChI is InChI=1S/C46H82O3/c1-10-11-12-13-14-15-16-17-18-19-20-21-22-25-41(47)49-40-30-32-43(6)36-28-33-45(8)39(46(9,48)31-23-24-35(2)3)29-34-44(45,7)37(36)26-27-38(43)42(40,4)5/h36-40,48H,2,10-34H2,1,3-9H3. The molecule has 4 rings (SSSR count). The van der Waals surface area contributed by atoms with E-state index in [2.05, 4.69) is 62.0 Å². The van der Waals surface area contributed by atoms with E-state index in [4.69, 9.17) is 4.74 Å². The van der Waals surface area contributed by atoms with Gasteiger partial charge in [0.05, 0.1) is 5.60 Å². The molecule has 9 unspecified atom stereocenters. The monoisotopic (exact) mass is 683 g/mol. The number of carbonyl (C=O) groups excluding carboxylic acids is 1. The summed E-state index contributed by atoms with van der Waals surface area (Å²) in [6, 6.07) is 0. The van der Waals surface area contributed by atoms with E-state index in [1.807, 2.05) is 0 Å². The van der Waals surface area contributed by atoms with Gasteiger partial charge in [0.15, 0.2) is 0 Å². The molecule has 4 saturated carbocycles. The molecule has 0 aromatic heterocycles. The van der Waals surface area contributed by atoms with Gasteiger partial charge < -0.3 is 9.84 Å². The van der Waals surface area contributed by atoms with Crippen LogP contribution >= 0.6 is 0 Å². The van der Waals surface area contributed by atoms with Crippen LogP contribution in [0.5, 0.6) is 0 Å². The van der Waals surface area contributed by atoms with Crippen LogP contribution in [0.25, 0.3) is 0 Å². The van der Waals surface area contributed by atoms with E-state index in [-0.39, 0.29) is 28.3 Å². The average molecular weight is 683 g/mol. The lowest BCUT2D eigenvalue weighted by Gasteiger charge is -2.67. The van der Waals surface area contributed by atoms with Crippen LogP contribution in [0.2, 0.25) is 0 Å². The van der Waals surface area contributed by atoms with Gasteiger partial charge in [-0.3, -0.25) is 4.79 Å². The number of esters is 1. The van der Waals surface area contributed by atoms with Crippen molar-refractivity contribution in [3.63, 3.8) is 0 Å². The van der Waals surface area contributed by atoms with Crippen molar-refractivity contribution in [2.45, 2.75) is 228 Å². The third kappa shape index (κ3) is 9.04. The predicted octanol–water partition coefficient (Wildman–Crippen LogP) is 13.6. The largest absolute Gasteiger partial charge is 0.462 e. The fraction of sp³-hybridized carbons (Fsp3) is 0.935. The Kier molecular flexibility index (Phi) is 14.5. The van der Waals surface area contributed by atoms with Crippen molar-refractivity contribution in [1.82, 2.24) is 0 Å². The van der Waals surface area contributed by atoms with E-state index in [0.717, 1.165) is 50.4 Å². The molecule has 4 fully saturated rings. The lowest BCUT2D eigenvalue weighted by atomic mass is 9.38. The van der Waals surface area contributed by atoms with Gasteiger partial charge in [-0.05, 0) is 131 Å². The molecule has 49 heavy (non-hydrogen) atoms. The van der Waals surface area contributed by atoms with E-state index >= 15 is 0 Å². The Balaban J connectivity index is 1.24. The van der Waals surface area contributed by atoms with Gasteiger partial charge in [0, 0.05) is 11.8 Å². The van der Waals surface area contributed by atoms with Gasteiger partial charge in [0.25, 0.3) is 0 Å². The highest BCUT2D eigenvalue weighted by Crippen LogP contribution is 2.75. The van der Waals surface area contributed by atoms with Gasteiger partial charge >= 0.3 is 5.97 Å². The van der Waals surface area contributed by atoms with Crippen molar-refractivity contribution in [3.8, 4) is 0 Å². The molecule has 0 aromatic carbocycles. The second-order valence-corrected chi connectivity index (χ2v) is 19.8. The third-order valence-electron chi connectivity index (χ3n) is 16.2. The van der Waals surface area contributed by atoms with Crippen LogP contribution in [-0.2, 0) is 9.53 Å². The summed E-state index contributed by atoms with van der Waals surface area (Å²) in [5, 5.41) is 11.9. The van der Waals surface area contributed by atoms with Gasteiger partial charge in [0.2, 0.25) is 0 Å². The Labute approximate surface area is 305 Å². The summed E-state index contributed by atoms with van der Waals surface area (Å²) in [5.74, 6) is 2.49. The number of allylic oxidation sites excluding steroid dienone is 1. The Bertz CT molecular complexity index is 1060. The summed E-state index contributed by atoms with van der Waals surface area (Å²) in [6.45, 7) is 23.4. The molecule has 9 atom stereocenters. The van der Waals surface area contributed by atoms with E-state index in [1.165, 1.54) is 121 Å². The molecule has 3 nitrogen and oxygen atoms in total. The van der Waals surface area contributed by atoms with Gasteiger partial charge in [-0.15, -0.1) is 6.58 Å². The molecule has 0 heterocycles. The van der Waals surface area contributed by atoms with E-state index < -0.39 is 5.60 Å². The SMILES string of the molecule is C=C(C)CCCC(C)(O)C1CCC2(C)C3CCC4C(C)(C)C(OC(=O)CCCCCCCCCCCCCCC)CCC4(C)C3CCC12C. The summed E-state index contributed by atoms with van der Waals surface area (Å²) in [5.41, 5.74) is 1.42. The molecule has 4 aliphatic carbocycles. The van der Waals surface area contributed by atoms with Crippen molar-refractivity contribution < 1.29 is 14.6 Å². The second kappa shape index (κ2) is 17.3. The molecule has 0 amide bonds. The number of ether oxygens (including phenoxy) is 1. The number of hydrogen-bond donors (Lipinski definition) is 1. The van der Waals surface area contributed by atoms with E-state index in [1.54, 1.807) is 0 Å². The molecule has 0 saturated heterocycles. The van der Waals surface area contributed by atoms with Crippen LogP contribution < -0.4 is 0 Å². The van der Waals surface area contributed by atoms with Gasteiger partial charge in [-0.1, -0.05) is 124 Å². The Hall–Kier alpha value is -0.830. The summed E-state index contributed by atoms with van der Waals surface area (Å²) in [6.07, 6.45) is 30.5. The fourth-order valence-electron chi connectivity index (χ4n) is 13.1. The number of carbonyl (C=O) groups is 1. The first-order valence-corrected chi connectivity index (χ1v) is 21.7. The summed E-state index contributed by atoms with van der Waals surface area (Å²) in [7, 11) is 0. The minimum atomic E-state index is -0.604. The van der Waals surface area contributed by atoms with E-state index in [0.29, 0.717) is 23.7 Å². The number of hydrogen-bond acceptors (Lipinski definition) is 3. The zero-order valence-corrected chi connectivity index (χ0v) is 34.0. The summed E-state index contributed by atoms with van der Waals surface area (Å²) in [4.78, 5) is 13.1. The van der Waals surface area contributed by atoms with Crippen LogP contribution in [0.4, 0.5) is 0 Å². The van der Waals surface area contributed by atoms with Crippen molar-refractivity contribution in [2.75, 3.05) is 0 Å². The van der Waals surface area contributed by atoms with Crippen molar-refractivity contribution in [1.29, 1.82) is 0 Å². The highest BCUT2D eigenvalue weighted by Gasteiger charge is 2.69. The molecule has 0 radical (unpaired) electrons. The summed E-state index contributed by atoms with van der Waals surface area (Å²) < 4.78 is 6.38. The van der Waals surface area contributed by atoms with Crippen LogP contribution in [-0.4, -0.2) is 22.8 Å². The zero-order chi connectivity index (χ0) is 35.9. The first kappa shape index (κ1) is 40.9. The highest BCUT2D eigenvalue weighted by molar-refractivity contribution is 5.69. The molecule has 284 valence electrons. The average Bonchev–Trinajstić information content (AvgIpc) is 3.32. The Morgan fingerprint density at radius 1 is 0.714 bits per heavy atom. The topological polar surface area (TPSA) is 46.5 Å². The van der Waals surface area contributed by atoms with Gasteiger partial charge in [-0.25, -0.2) is 0 Å². The molecule has 0 aliphatic heterocycles. The Morgan fingerprint density at radius 3 is 1.88 bits per heavy atom. The molecular formula is C46H82O3. The summed E-state index contributed by atoms with van der Waals surface area (Å²) >= 11 is 0. The maximum Gasteiger partial charge on any atom is 0.306 e. The smallest absolute Gasteiger partial charge is 0.306 e. The number of unbranched alkanes of at least 4 members (excludes halogenated alkanes) is 12. The lowest BCUT2D eigenvalue weighted by molar-refractivity contribution is -0.215. The van der Waals surface area contributed by atoms with Gasteiger partial charge in [0.1, 0.15) is 6.10 Å². The molecule has 4 aliphatic rings. The zero-order valence-electron chi connectivity index (χ0n) is 34.0. The predicted molar refractivity (Wildman–Crippen MR) is 208 cm³/mol. The highest BCUT2D eigenvalue weighted by atomic mass is 16.5. The number of fused-ring (bicyclic) bond motifs is 5. The number of rotatable bonds is 20. The first-order chi connectivity index (χ1) is 23.1. The first-order valence-electron chi connectivity index (χ1n) is 21.7. The molecular weight excluding hydrogens is 601 g/mol. The maximum absolute atomic E-state index is 13.1. The lowest BCUT2D eigenvalue weighted by Crippen LogP contribution is -2.62. The van der Waals surface area contributed by atoms with Crippen molar-refractivity contribution in [2.24, 2.45) is 45.3 Å².